The molecule has 6 nitrogen and oxygen atoms in total. The minimum Gasteiger partial charge on any atom is -0.351 e. The van der Waals surface area contributed by atoms with Gasteiger partial charge in [-0.1, -0.05) is 45.4 Å². The summed E-state index contributed by atoms with van der Waals surface area (Å²) < 4.78 is 3.29. The second-order valence-corrected chi connectivity index (χ2v) is 12.2. The van der Waals surface area contributed by atoms with Gasteiger partial charge in [0.05, 0.1) is 16.8 Å². The fraction of sp³-hybridized carbons (Fsp3) is 0.714. The molecule has 2 aromatic rings. The second kappa shape index (κ2) is 10.6. The van der Waals surface area contributed by atoms with Gasteiger partial charge in [0.15, 0.2) is 0 Å². The molecule has 2 aliphatic heterocycles. The molecule has 0 spiro atoms. The number of hydrogen-bond donors (Lipinski definition) is 1. The molecule has 0 radical (unpaired) electrons. The predicted octanol–water partition coefficient (Wildman–Crippen LogP) is 5.19. The Morgan fingerprint density at radius 2 is 1.71 bits per heavy atom. The molecule has 1 atom stereocenters. The molecule has 2 amide bonds. The molecule has 1 N–H and O–H groups in total. The Bertz CT molecular complexity index is 1040. The highest BCUT2D eigenvalue weighted by molar-refractivity contribution is 7.19. The summed E-state index contributed by atoms with van der Waals surface area (Å²) in [5.41, 5.74) is 0.961. The van der Waals surface area contributed by atoms with E-state index in [1.807, 2.05) is 11.8 Å². The van der Waals surface area contributed by atoms with E-state index in [1.54, 1.807) is 11.3 Å². The van der Waals surface area contributed by atoms with E-state index in [1.165, 1.54) is 56.2 Å². The molecular formula is C28H42N4O2S. The highest BCUT2D eigenvalue weighted by atomic mass is 32.1. The zero-order chi connectivity index (χ0) is 24.4. The summed E-state index contributed by atoms with van der Waals surface area (Å²) >= 11 is 1.77. The number of aryl methyl sites for hydroxylation is 1. The lowest BCUT2D eigenvalue weighted by atomic mass is 9.93. The molecule has 35 heavy (non-hydrogen) atoms. The maximum absolute atomic E-state index is 14.0. The SMILES string of the molecule is CCc1cc2c(cc3n2CC(C)(C(=O)NC2CCCCCC2)N(CCN2CCCCCC2)C3=O)s1. The number of thiophene rings is 1. The fourth-order valence-corrected chi connectivity index (χ4v) is 7.32. The number of fused-ring (bicyclic) bond motifs is 3. The van der Waals surface area contributed by atoms with Crippen molar-refractivity contribution in [2.45, 2.75) is 103 Å². The van der Waals surface area contributed by atoms with Gasteiger partial charge in [0.1, 0.15) is 11.2 Å². The summed E-state index contributed by atoms with van der Waals surface area (Å²) in [4.78, 5) is 33.6. The minimum atomic E-state index is -0.886. The summed E-state index contributed by atoms with van der Waals surface area (Å²) in [5.74, 6) is 0.0260. The van der Waals surface area contributed by atoms with Crippen molar-refractivity contribution in [1.82, 2.24) is 19.7 Å². The normalized spacial score (nSPS) is 24.9. The minimum absolute atomic E-state index is 0.00559. The number of aromatic nitrogens is 1. The lowest BCUT2D eigenvalue weighted by molar-refractivity contribution is -0.133. The Morgan fingerprint density at radius 1 is 1.03 bits per heavy atom. The number of likely N-dealkylation sites (tertiary alicyclic amines) is 1. The van der Waals surface area contributed by atoms with Gasteiger partial charge in [0.25, 0.3) is 5.91 Å². The van der Waals surface area contributed by atoms with Crippen LogP contribution >= 0.6 is 11.3 Å². The number of nitrogens with one attached hydrogen (secondary N) is 1. The summed E-state index contributed by atoms with van der Waals surface area (Å²) in [5, 5.41) is 3.40. The van der Waals surface area contributed by atoms with Crippen molar-refractivity contribution >= 4 is 33.4 Å². The number of nitrogens with zero attached hydrogens (tertiary/aromatic N) is 3. The smallest absolute Gasteiger partial charge is 0.271 e. The lowest BCUT2D eigenvalue weighted by Crippen LogP contribution is -2.65. The monoisotopic (exact) mass is 498 g/mol. The van der Waals surface area contributed by atoms with E-state index >= 15 is 0 Å². The second-order valence-electron chi connectivity index (χ2n) is 11.1. The van der Waals surface area contributed by atoms with E-state index in [4.69, 9.17) is 0 Å². The average Bonchev–Trinajstić information content (AvgIpc) is 3.12. The Balaban J connectivity index is 1.43. The van der Waals surface area contributed by atoms with Crippen molar-refractivity contribution in [1.29, 1.82) is 0 Å². The van der Waals surface area contributed by atoms with Crippen LogP contribution in [0.1, 0.15) is 93.4 Å². The van der Waals surface area contributed by atoms with Crippen LogP contribution in [0.5, 0.6) is 0 Å². The number of rotatable bonds is 6. The van der Waals surface area contributed by atoms with Gasteiger partial charge >= 0.3 is 0 Å². The van der Waals surface area contributed by atoms with Gasteiger partial charge in [-0.3, -0.25) is 9.59 Å². The fourth-order valence-electron chi connectivity index (χ4n) is 6.28. The highest BCUT2D eigenvalue weighted by Crippen LogP contribution is 2.36. The van der Waals surface area contributed by atoms with Gasteiger partial charge in [-0.25, -0.2) is 0 Å². The van der Waals surface area contributed by atoms with Crippen molar-refractivity contribution in [2.75, 3.05) is 26.2 Å². The topological polar surface area (TPSA) is 57.6 Å². The van der Waals surface area contributed by atoms with Crippen molar-refractivity contribution in [2.24, 2.45) is 0 Å². The summed E-state index contributed by atoms with van der Waals surface area (Å²) in [7, 11) is 0. The molecule has 7 heteroatoms. The molecule has 5 rings (SSSR count). The Morgan fingerprint density at radius 3 is 2.40 bits per heavy atom. The van der Waals surface area contributed by atoms with Gasteiger partial charge in [-0.05, 0) is 64.3 Å². The van der Waals surface area contributed by atoms with E-state index in [-0.39, 0.29) is 17.9 Å². The third-order valence-corrected chi connectivity index (χ3v) is 9.75. The van der Waals surface area contributed by atoms with Crippen LogP contribution in [0, 0.1) is 0 Å². The number of amides is 2. The van der Waals surface area contributed by atoms with Gasteiger partial charge in [0.2, 0.25) is 5.91 Å². The van der Waals surface area contributed by atoms with Crippen molar-refractivity contribution in [3.8, 4) is 0 Å². The number of hydrogen-bond acceptors (Lipinski definition) is 4. The van der Waals surface area contributed by atoms with E-state index < -0.39 is 5.54 Å². The Labute approximate surface area is 214 Å². The molecule has 1 unspecified atom stereocenters. The van der Waals surface area contributed by atoms with Crippen LogP contribution in [0.3, 0.4) is 0 Å². The molecule has 2 fully saturated rings. The first-order valence-corrected chi connectivity index (χ1v) is 14.8. The predicted molar refractivity (Wildman–Crippen MR) is 143 cm³/mol. The first-order chi connectivity index (χ1) is 17.0. The molecular weight excluding hydrogens is 456 g/mol. The summed E-state index contributed by atoms with van der Waals surface area (Å²) in [6, 6.07) is 4.50. The van der Waals surface area contributed by atoms with Crippen molar-refractivity contribution in [3.63, 3.8) is 0 Å². The van der Waals surface area contributed by atoms with Crippen molar-refractivity contribution < 1.29 is 9.59 Å². The highest BCUT2D eigenvalue weighted by Gasteiger charge is 2.48. The van der Waals surface area contributed by atoms with Crippen LogP contribution in [-0.4, -0.2) is 63.9 Å². The van der Waals surface area contributed by atoms with Crippen LogP contribution in [0.2, 0.25) is 0 Å². The van der Waals surface area contributed by atoms with E-state index in [2.05, 4.69) is 33.8 Å². The first-order valence-electron chi connectivity index (χ1n) is 14.0. The average molecular weight is 499 g/mol. The van der Waals surface area contributed by atoms with Gasteiger partial charge in [-0.2, -0.15) is 0 Å². The molecule has 4 heterocycles. The Hall–Kier alpha value is -1.86. The van der Waals surface area contributed by atoms with E-state index in [9.17, 15) is 9.59 Å². The zero-order valence-corrected chi connectivity index (χ0v) is 22.4. The van der Waals surface area contributed by atoms with Crippen LogP contribution in [0.15, 0.2) is 12.1 Å². The largest absolute Gasteiger partial charge is 0.351 e. The lowest BCUT2D eigenvalue weighted by Gasteiger charge is -2.45. The van der Waals surface area contributed by atoms with Crippen LogP contribution in [0.25, 0.3) is 10.2 Å². The molecule has 0 aromatic carbocycles. The maximum atomic E-state index is 14.0. The van der Waals surface area contributed by atoms with Gasteiger partial charge < -0.3 is 19.7 Å². The van der Waals surface area contributed by atoms with Gasteiger partial charge in [0, 0.05) is 24.0 Å². The maximum Gasteiger partial charge on any atom is 0.271 e. The van der Waals surface area contributed by atoms with Gasteiger partial charge in [-0.15, -0.1) is 11.3 Å². The summed E-state index contributed by atoms with van der Waals surface area (Å²) in [6.45, 7) is 8.33. The molecule has 0 bridgehead atoms. The molecule has 1 saturated carbocycles. The molecule has 1 aliphatic carbocycles. The summed E-state index contributed by atoms with van der Waals surface area (Å²) in [6.07, 6.45) is 13.0. The molecule has 3 aliphatic rings. The Kier molecular flexibility index (Phi) is 7.54. The quantitative estimate of drug-likeness (QED) is 0.558. The van der Waals surface area contributed by atoms with Crippen LogP contribution < -0.4 is 5.32 Å². The van der Waals surface area contributed by atoms with E-state index in [0.717, 1.165) is 54.8 Å². The molecule has 192 valence electrons. The molecule has 1 saturated heterocycles. The first kappa shape index (κ1) is 24.8. The molecule has 2 aromatic heterocycles. The third kappa shape index (κ3) is 5.04. The van der Waals surface area contributed by atoms with E-state index in [0.29, 0.717) is 13.1 Å². The van der Waals surface area contributed by atoms with Crippen LogP contribution in [-0.2, 0) is 17.8 Å². The van der Waals surface area contributed by atoms with Crippen molar-refractivity contribution in [3.05, 3.63) is 22.7 Å². The third-order valence-electron chi connectivity index (χ3n) is 8.53. The van der Waals surface area contributed by atoms with Crippen LogP contribution in [0.4, 0.5) is 0 Å². The number of carbonyl (C=O) groups is 2. The number of carbonyl (C=O) groups excluding carboxylic acids is 2. The zero-order valence-electron chi connectivity index (χ0n) is 21.6. The standard InChI is InChI=1S/C28H42N4O2S/c1-3-22-18-23-25(35-22)19-24-26(33)32(17-16-30-14-10-6-7-11-15-30)28(2,20-31(23)24)27(34)29-21-12-8-4-5-9-13-21/h18-19,21H,3-17,20H2,1-2H3,(H,29,34).